The minimum Gasteiger partial charge on any atom is -0.206 e. The third-order valence-electron chi connectivity index (χ3n) is 1.54. The molecule has 0 nitrogen and oxygen atoms in total. The second-order valence-corrected chi connectivity index (χ2v) is 3.80. The Balaban J connectivity index is 3.33. The topological polar surface area (TPSA) is 0 Å². The fourth-order valence-corrected chi connectivity index (χ4v) is 1.34. The van der Waals surface area contributed by atoms with Crippen LogP contribution in [0.15, 0.2) is 23.2 Å². The van der Waals surface area contributed by atoms with Crippen LogP contribution in [0.25, 0.3) is 5.03 Å². The molecule has 12 heavy (non-hydrogen) atoms. The smallest absolute Gasteiger partial charge is 0.132 e. The summed E-state index contributed by atoms with van der Waals surface area (Å²) in [5.41, 5.74) is 1.18. The van der Waals surface area contributed by atoms with Crippen LogP contribution in [-0.4, -0.2) is 0 Å². The van der Waals surface area contributed by atoms with Gasteiger partial charge < -0.3 is 0 Å². The summed E-state index contributed by atoms with van der Waals surface area (Å²) in [5.74, 6) is -0.337. The summed E-state index contributed by atoms with van der Waals surface area (Å²) in [5, 5.41) is 0.216. The van der Waals surface area contributed by atoms with Gasteiger partial charge in [-0.3, -0.25) is 0 Å². The molecule has 3 heteroatoms. The van der Waals surface area contributed by atoms with Crippen LogP contribution in [0.3, 0.4) is 0 Å². The second kappa shape index (κ2) is 3.58. The van der Waals surface area contributed by atoms with E-state index in [9.17, 15) is 4.39 Å². The van der Waals surface area contributed by atoms with E-state index in [-0.39, 0.29) is 10.8 Å². The maximum absolute atomic E-state index is 13.1. The molecule has 0 atom stereocenters. The Kier molecular flexibility index (Phi) is 2.91. The highest BCUT2D eigenvalue weighted by Crippen LogP contribution is 2.26. The number of rotatable bonds is 1. The molecule has 0 aliphatic heterocycles. The minimum absolute atomic E-state index is 0.216. The summed E-state index contributed by atoms with van der Waals surface area (Å²) < 4.78 is 13.9. The number of hydrogen-bond donors (Lipinski definition) is 0. The van der Waals surface area contributed by atoms with Crippen molar-refractivity contribution in [2.45, 2.75) is 6.92 Å². The Morgan fingerprint density at radius 1 is 1.58 bits per heavy atom. The van der Waals surface area contributed by atoms with Crippen LogP contribution in [0.4, 0.5) is 4.39 Å². The molecule has 0 spiro atoms. The Morgan fingerprint density at radius 2 is 2.17 bits per heavy atom. The molecule has 1 aromatic carbocycles. The van der Waals surface area contributed by atoms with Crippen LogP contribution < -0.4 is 0 Å². The van der Waals surface area contributed by atoms with E-state index in [1.54, 1.807) is 6.07 Å². The van der Waals surface area contributed by atoms with E-state index in [2.05, 4.69) is 22.5 Å². The van der Waals surface area contributed by atoms with Gasteiger partial charge in [-0.1, -0.05) is 34.1 Å². The molecule has 0 fully saturated rings. The number of halogens is 3. The van der Waals surface area contributed by atoms with Crippen molar-refractivity contribution in [1.82, 2.24) is 0 Å². The van der Waals surface area contributed by atoms with Gasteiger partial charge in [0.1, 0.15) is 5.82 Å². The van der Waals surface area contributed by atoms with Gasteiger partial charge in [-0.05, 0) is 24.6 Å². The molecule has 64 valence electrons. The van der Waals surface area contributed by atoms with E-state index >= 15 is 0 Å². The lowest BCUT2D eigenvalue weighted by molar-refractivity contribution is 0.623. The number of aryl methyl sites for hydroxylation is 1. The molecular weight excluding hydrogens is 242 g/mol. The Labute approximate surface area is 84.2 Å². The molecular formula is C9H7BrClF. The lowest BCUT2D eigenvalue weighted by atomic mass is 10.1. The maximum atomic E-state index is 13.1. The lowest BCUT2D eigenvalue weighted by Gasteiger charge is -2.03. The fraction of sp³-hybridized carbons (Fsp3) is 0.111. The Bertz CT molecular complexity index is 334. The van der Waals surface area contributed by atoms with Crippen LogP contribution >= 0.6 is 27.5 Å². The standard InChI is InChI=1S/C9H7BrClF/c1-5-3-9(12)7(6(2)11)4-8(5)10/h3-4H,2H2,1H3. The molecule has 0 N–H and O–H groups in total. The summed E-state index contributed by atoms with van der Waals surface area (Å²) in [6.07, 6.45) is 0. The second-order valence-electron chi connectivity index (χ2n) is 2.49. The monoisotopic (exact) mass is 248 g/mol. The first-order chi connectivity index (χ1) is 5.52. The fourth-order valence-electron chi connectivity index (χ4n) is 0.854. The van der Waals surface area contributed by atoms with Crippen molar-refractivity contribution in [3.63, 3.8) is 0 Å². The minimum atomic E-state index is -0.337. The molecule has 1 aromatic rings. The van der Waals surface area contributed by atoms with Gasteiger partial charge in [-0.15, -0.1) is 0 Å². The third kappa shape index (κ3) is 1.87. The van der Waals surface area contributed by atoms with Gasteiger partial charge in [0.05, 0.1) is 0 Å². The van der Waals surface area contributed by atoms with Crippen LogP contribution in [-0.2, 0) is 0 Å². The van der Waals surface area contributed by atoms with Gasteiger partial charge in [-0.25, -0.2) is 4.39 Å². The first-order valence-corrected chi connectivity index (χ1v) is 4.50. The van der Waals surface area contributed by atoms with E-state index in [0.717, 1.165) is 10.0 Å². The predicted molar refractivity (Wildman–Crippen MR) is 53.7 cm³/mol. The number of hydrogen-bond acceptors (Lipinski definition) is 0. The molecule has 0 unspecified atom stereocenters. The summed E-state index contributed by atoms with van der Waals surface area (Å²) >= 11 is 8.86. The summed E-state index contributed by atoms with van der Waals surface area (Å²) in [4.78, 5) is 0. The van der Waals surface area contributed by atoms with Crippen molar-refractivity contribution in [2.75, 3.05) is 0 Å². The maximum Gasteiger partial charge on any atom is 0.132 e. The molecule has 0 amide bonds. The molecule has 0 radical (unpaired) electrons. The largest absolute Gasteiger partial charge is 0.206 e. The van der Waals surface area contributed by atoms with Crippen LogP contribution in [0, 0.1) is 12.7 Å². The zero-order valence-corrected chi connectivity index (χ0v) is 8.84. The number of benzene rings is 1. The molecule has 0 bridgehead atoms. The summed E-state index contributed by atoms with van der Waals surface area (Å²) in [7, 11) is 0. The quantitative estimate of drug-likeness (QED) is 0.703. The van der Waals surface area contributed by atoms with Crippen molar-refractivity contribution in [3.8, 4) is 0 Å². The van der Waals surface area contributed by atoms with E-state index in [4.69, 9.17) is 11.6 Å². The van der Waals surface area contributed by atoms with E-state index in [1.165, 1.54) is 6.07 Å². The average molecular weight is 250 g/mol. The SMILES string of the molecule is C=C(Cl)c1cc(Br)c(C)cc1F. The van der Waals surface area contributed by atoms with Gasteiger partial charge in [0.15, 0.2) is 0 Å². The molecule has 0 aliphatic rings. The molecule has 0 heterocycles. The normalized spacial score (nSPS) is 10.0. The summed E-state index contributed by atoms with van der Waals surface area (Å²) in [6.45, 7) is 5.28. The lowest BCUT2D eigenvalue weighted by Crippen LogP contribution is -1.87. The van der Waals surface area contributed by atoms with E-state index in [1.807, 2.05) is 6.92 Å². The first kappa shape index (κ1) is 9.75. The third-order valence-corrected chi connectivity index (χ3v) is 2.60. The van der Waals surface area contributed by atoms with Gasteiger partial charge in [-0.2, -0.15) is 0 Å². The average Bonchev–Trinajstić information content (AvgIpc) is 1.96. The van der Waals surface area contributed by atoms with Crippen LogP contribution in [0.1, 0.15) is 11.1 Å². The van der Waals surface area contributed by atoms with Crippen molar-refractivity contribution < 1.29 is 4.39 Å². The molecule has 1 rings (SSSR count). The molecule has 0 saturated heterocycles. The van der Waals surface area contributed by atoms with Crippen molar-refractivity contribution in [1.29, 1.82) is 0 Å². The van der Waals surface area contributed by atoms with E-state index in [0.29, 0.717) is 5.56 Å². The predicted octanol–water partition coefficient (Wildman–Crippen LogP) is 4.11. The van der Waals surface area contributed by atoms with Gasteiger partial charge in [0, 0.05) is 15.1 Å². The van der Waals surface area contributed by atoms with Gasteiger partial charge >= 0.3 is 0 Å². The van der Waals surface area contributed by atoms with E-state index < -0.39 is 0 Å². The van der Waals surface area contributed by atoms with Crippen molar-refractivity contribution in [3.05, 3.63) is 40.1 Å². The highest BCUT2D eigenvalue weighted by Gasteiger charge is 2.06. The van der Waals surface area contributed by atoms with Gasteiger partial charge in [0.2, 0.25) is 0 Å². The molecule has 0 saturated carbocycles. The Hall–Kier alpha value is -0.340. The van der Waals surface area contributed by atoms with Crippen molar-refractivity contribution in [2.24, 2.45) is 0 Å². The summed E-state index contributed by atoms with van der Waals surface area (Å²) in [6, 6.07) is 3.05. The molecule has 0 aliphatic carbocycles. The highest BCUT2D eigenvalue weighted by molar-refractivity contribution is 9.10. The van der Waals surface area contributed by atoms with Crippen molar-refractivity contribution >= 4 is 32.6 Å². The highest BCUT2D eigenvalue weighted by atomic mass is 79.9. The molecule has 0 aromatic heterocycles. The zero-order valence-electron chi connectivity index (χ0n) is 6.50. The Morgan fingerprint density at radius 3 is 2.67 bits per heavy atom. The zero-order chi connectivity index (χ0) is 9.30. The van der Waals surface area contributed by atoms with Gasteiger partial charge in [0.25, 0.3) is 0 Å². The first-order valence-electron chi connectivity index (χ1n) is 3.33. The van der Waals surface area contributed by atoms with Crippen LogP contribution in [0.2, 0.25) is 0 Å². The van der Waals surface area contributed by atoms with Crippen LogP contribution in [0.5, 0.6) is 0 Å².